The fourth-order valence-electron chi connectivity index (χ4n) is 4.45. The van der Waals surface area contributed by atoms with E-state index >= 15 is 0 Å². The summed E-state index contributed by atoms with van der Waals surface area (Å²) in [6, 6.07) is 15.5. The third-order valence-electron chi connectivity index (χ3n) is 6.06. The summed E-state index contributed by atoms with van der Waals surface area (Å²) >= 11 is 0. The molecule has 5 rings (SSSR count). The minimum absolute atomic E-state index is 0.0649. The van der Waals surface area contributed by atoms with Crippen LogP contribution < -0.4 is 9.80 Å². The predicted octanol–water partition coefficient (Wildman–Crippen LogP) is 2.91. The van der Waals surface area contributed by atoms with Gasteiger partial charge in [0.25, 0.3) is 0 Å². The van der Waals surface area contributed by atoms with Crippen LogP contribution >= 0.6 is 0 Å². The summed E-state index contributed by atoms with van der Waals surface area (Å²) in [4.78, 5) is 9.58. The number of aliphatic hydroxyl groups excluding tert-OH is 1. The summed E-state index contributed by atoms with van der Waals surface area (Å²) in [6.07, 6.45) is 0.428. The molecular weight excluding hydrogens is 398 g/mol. The minimum Gasteiger partial charge on any atom is -0.391 e. The number of nitrogens with zero attached hydrogens (tertiary/aromatic N) is 3. The molecular formula is C23H25N3O3S. The second kappa shape index (κ2) is 7.25. The Labute approximate surface area is 176 Å². The van der Waals surface area contributed by atoms with E-state index in [-0.39, 0.29) is 11.9 Å². The number of aliphatic hydroxyl groups is 1. The first-order valence-corrected chi connectivity index (χ1v) is 12.0. The number of aryl methyl sites for hydroxylation is 1. The number of pyridine rings is 1. The van der Waals surface area contributed by atoms with E-state index in [0.717, 1.165) is 46.5 Å². The van der Waals surface area contributed by atoms with Crippen LogP contribution in [0, 0.1) is 6.92 Å². The van der Waals surface area contributed by atoms with E-state index in [1.165, 1.54) is 0 Å². The Balaban J connectivity index is 1.62. The molecule has 3 heterocycles. The molecule has 0 radical (unpaired) electrons. The molecule has 7 heteroatoms. The molecule has 1 aromatic heterocycles. The first kappa shape index (κ1) is 19.3. The lowest BCUT2D eigenvalue weighted by molar-refractivity contribution is 0.198. The zero-order valence-corrected chi connectivity index (χ0v) is 17.8. The zero-order chi connectivity index (χ0) is 20.9. The maximum absolute atomic E-state index is 12.7. The number of sulfone groups is 1. The van der Waals surface area contributed by atoms with Gasteiger partial charge < -0.3 is 14.9 Å². The molecule has 1 fully saturated rings. The largest absolute Gasteiger partial charge is 0.391 e. The van der Waals surface area contributed by atoms with Gasteiger partial charge in [-0.25, -0.2) is 13.4 Å². The van der Waals surface area contributed by atoms with Crippen molar-refractivity contribution in [2.75, 3.05) is 35.2 Å². The lowest BCUT2D eigenvalue weighted by atomic mass is 10.1. The van der Waals surface area contributed by atoms with Crippen molar-refractivity contribution in [3.63, 3.8) is 0 Å². The molecule has 1 unspecified atom stereocenters. The fourth-order valence-corrected chi connectivity index (χ4v) is 5.95. The van der Waals surface area contributed by atoms with Gasteiger partial charge in [0, 0.05) is 43.3 Å². The van der Waals surface area contributed by atoms with Crippen LogP contribution in [0.25, 0.3) is 10.9 Å². The highest BCUT2D eigenvalue weighted by molar-refractivity contribution is 7.91. The van der Waals surface area contributed by atoms with Gasteiger partial charge >= 0.3 is 0 Å². The third kappa shape index (κ3) is 3.42. The van der Waals surface area contributed by atoms with Crippen LogP contribution in [0.2, 0.25) is 0 Å². The second-order valence-corrected chi connectivity index (χ2v) is 10.3. The summed E-state index contributed by atoms with van der Waals surface area (Å²) in [5, 5.41) is 11.1. The highest BCUT2D eigenvalue weighted by Crippen LogP contribution is 2.34. The summed E-state index contributed by atoms with van der Waals surface area (Å²) in [6.45, 7) is 4.35. The van der Waals surface area contributed by atoms with E-state index in [0.29, 0.717) is 24.5 Å². The number of β-amino-alcohol motifs (C(OH)–C–C–N with tert-alkyl or cyclic N) is 1. The average molecular weight is 424 g/mol. The monoisotopic (exact) mass is 423 g/mol. The zero-order valence-electron chi connectivity index (χ0n) is 17.0. The molecule has 1 saturated heterocycles. The van der Waals surface area contributed by atoms with Gasteiger partial charge in [0.15, 0.2) is 9.84 Å². The SMILES string of the molecule is Cc1ccc2nc(N3CCS(=O)(=O)c4ccccc4C3)cc(N3CCC(O)C3)c2c1. The van der Waals surface area contributed by atoms with Crippen LogP contribution in [-0.4, -0.2) is 50.0 Å². The van der Waals surface area contributed by atoms with E-state index in [4.69, 9.17) is 4.98 Å². The molecule has 0 saturated carbocycles. The number of rotatable bonds is 2. The van der Waals surface area contributed by atoms with Gasteiger partial charge in [-0.3, -0.25) is 0 Å². The Morgan fingerprint density at radius 3 is 2.70 bits per heavy atom. The van der Waals surface area contributed by atoms with Gasteiger partial charge in [-0.05, 0) is 37.1 Å². The van der Waals surface area contributed by atoms with Crippen molar-refractivity contribution in [1.29, 1.82) is 0 Å². The molecule has 3 aromatic rings. The fraction of sp³-hybridized carbons (Fsp3) is 0.348. The first-order chi connectivity index (χ1) is 14.4. The Kier molecular flexibility index (Phi) is 4.67. The average Bonchev–Trinajstić information content (AvgIpc) is 3.11. The van der Waals surface area contributed by atoms with Crippen LogP contribution in [0.4, 0.5) is 11.5 Å². The number of hydrogen-bond acceptors (Lipinski definition) is 6. The molecule has 1 atom stereocenters. The van der Waals surface area contributed by atoms with Crippen LogP contribution in [0.5, 0.6) is 0 Å². The van der Waals surface area contributed by atoms with Gasteiger partial charge in [-0.1, -0.05) is 29.8 Å². The summed E-state index contributed by atoms with van der Waals surface area (Å²) in [7, 11) is -3.31. The summed E-state index contributed by atoms with van der Waals surface area (Å²) in [5.41, 5.74) is 3.90. The van der Waals surface area contributed by atoms with Gasteiger partial charge in [0.2, 0.25) is 0 Å². The lowest BCUT2D eigenvalue weighted by Gasteiger charge is -2.26. The van der Waals surface area contributed by atoms with Crippen molar-refractivity contribution in [2.45, 2.75) is 30.9 Å². The molecule has 0 aliphatic carbocycles. The van der Waals surface area contributed by atoms with Gasteiger partial charge in [-0.15, -0.1) is 0 Å². The van der Waals surface area contributed by atoms with Crippen molar-refractivity contribution in [2.24, 2.45) is 0 Å². The lowest BCUT2D eigenvalue weighted by Crippen LogP contribution is -2.27. The van der Waals surface area contributed by atoms with Crippen LogP contribution in [0.3, 0.4) is 0 Å². The van der Waals surface area contributed by atoms with Gasteiger partial charge in [0.1, 0.15) is 5.82 Å². The summed E-state index contributed by atoms with van der Waals surface area (Å²) in [5.74, 6) is 0.838. The topological polar surface area (TPSA) is 73.7 Å². The van der Waals surface area contributed by atoms with E-state index < -0.39 is 9.84 Å². The summed E-state index contributed by atoms with van der Waals surface area (Å²) < 4.78 is 25.5. The van der Waals surface area contributed by atoms with Gasteiger partial charge in [0.05, 0.1) is 22.3 Å². The smallest absolute Gasteiger partial charge is 0.180 e. The molecule has 0 amide bonds. The Bertz CT molecular complexity index is 1230. The van der Waals surface area contributed by atoms with Crippen LogP contribution in [-0.2, 0) is 16.4 Å². The maximum atomic E-state index is 12.7. The minimum atomic E-state index is -3.31. The Hall–Kier alpha value is -2.64. The normalized spacial score (nSPS) is 20.9. The predicted molar refractivity (Wildman–Crippen MR) is 119 cm³/mol. The van der Waals surface area contributed by atoms with E-state index in [1.807, 2.05) is 24.3 Å². The van der Waals surface area contributed by atoms with Crippen LogP contribution in [0.15, 0.2) is 53.4 Å². The van der Waals surface area contributed by atoms with Crippen molar-refractivity contribution < 1.29 is 13.5 Å². The molecule has 2 aromatic carbocycles. The highest BCUT2D eigenvalue weighted by atomic mass is 32.2. The Morgan fingerprint density at radius 2 is 1.90 bits per heavy atom. The van der Waals surface area contributed by atoms with Gasteiger partial charge in [-0.2, -0.15) is 0 Å². The molecule has 2 aliphatic heterocycles. The number of aromatic nitrogens is 1. The maximum Gasteiger partial charge on any atom is 0.180 e. The molecule has 156 valence electrons. The molecule has 30 heavy (non-hydrogen) atoms. The van der Waals surface area contributed by atoms with E-state index in [1.54, 1.807) is 12.1 Å². The third-order valence-corrected chi connectivity index (χ3v) is 7.84. The number of fused-ring (bicyclic) bond motifs is 2. The molecule has 0 bridgehead atoms. The van der Waals surface area contributed by atoms with Crippen molar-refractivity contribution in [3.8, 4) is 0 Å². The van der Waals surface area contributed by atoms with E-state index in [2.05, 4.69) is 28.9 Å². The quantitative estimate of drug-likeness (QED) is 0.683. The highest BCUT2D eigenvalue weighted by Gasteiger charge is 2.28. The van der Waals surface area contributed by atoms with Crippen molar-refractivity contribution in [1.82, 2.24) is 4.98 Å². The number of hydrogen-bond donors (Lipinski definition) is 1. The number of benzene rings is 2. The van der Waals surface area contributed by atoms with Crippen molar-refractivity contribution in [3.05, 3.63) is 59.7 Å². The van der Waals surface area contributed by atoms with Crippen LogP contribution in [0.1, 0.15) is 17.5 Å². The molecule has 0 spiro atoms. The van der Waals surface area contributed by atoms with E-state index in [9.17, 15) is 13.5 Å². The Morgan fingerprint density at radius 1 is 1.07 bits per heavy atom. The molecule has 6 nitrogen and oxygen atoms in total. The molecule has 1 N–H and O–H groups in total. The second-order valence-electron chi connectivity index (χ2n) is 8.26. The molecule has 2 aliphatic rings. The number of anilines is 2. The first-order valence-electron chi connectivity index (χ1n) is 10.3. The van der Waals surface area contributed by atoms with Crippen molar-refractivity contribution >= 4 is 32.2 Å². The standard InChI is InChI=1S/C23H25N3O3S/c1-16-6-7-20-19(12-16)21(25-9-8-18(27)15-25)13-23(24-20)26-10-11-30(28,29)22-5-3-2-4-17(22)14-26/h2-7,12-13,18,27H,8-11,14-15H2,1H3.